The number of hydrogen-bond acceptors (Lipinski definition) is 11. The summed E-state index contributed by atoms with van der Waals surface area (Å²) in [6.07, 6.45) is -7.75. The molecule has 2 bridgehead atoms. The second-order valence-corrected chi connectivity index (χ2v) is 10.3. The Morgan fingerprint density at radius 2 is 1.23 bits per heavy atom. The average molecular weight is 591 g/mol. The Balaban J connectivity index is 1.27. The molecule has 3 aromatic rings. The number of esters is 3. The summed E-state index contributed by atoms with van der Waals surface area (Å²) in [6.45, 7) is -0.0434. The van der Waals surface area contributed by atoms with E-state index in [-0.39, 0.29) is 30.9 Å². The third kappa shape index (κ3) is 6.46. The molecule has 6 rings (SSSR count). The standard InChI is InChI=1S/C32H30O11/c33-25-22-16-38-26(25)23(17-37-22)40-32-28(43-31(36)21-14-8-3-9-15-21)27(42-30(35)20-12-6-2-7-13-20)24(41-32)18-39-29(34)19-10-4-1-5-11-19/h1-15,22-28,32-33H,16-18H2/t22-,23-,24+,25-,26-,27+,28-,32-/m0/s1. The average Bonchev–Trinajstić information content (AvgIpc) is 3.48. The molecule has 1 N–H and O–H groups in total. The maximum atomic E-state index is 13.2. The maximum Gasteiger partial charge on any atom is 0.338 e. The first-order valence-electron chi connectivity index (χ1n) is 13.9. The zero-order valence-corrected chi connectivity index (χ0v) is 22.9. The highest BCUT2D eigenvalue weighted by Crippen LogP contribution is 2.34. The van der Waals surface area contributed by atoms with Gasteiger partial charge in [-0.05, 0) is 36.4 Å². The highest BCUT2D eigenvalue weighted by Gasteiger charge is 2.54. The van der Waals surface area contributed by atoms with Crippen molar-refractivity contribution in [1.82, 2.24) is 0 Å². The Bertz CT molecular complexity index is 1400. The van der Waals surface area contributed by atoms with E-state index in [2.05, 4.69) is 0 Å². The van der Waals surface area contributed by atoms with E-state index in [1.54, 1.807) is 91.0 Å². The summed E-state index contributed by atoms with van der Waals surface area (Å²) in [6, 6.07) is 24.9. The van der Waals surface area contributed by atoms with Crippen LogP contribution < -0.4 is 0 Å². The van der Waals surface area contributed by atoms with Crippen molar-refractivity contribution in [3.05, 3.63) is 108 Å². The lowest BCUT2D eigenvalue weighted by atomic mass is 10.0. The van der Waals surface area contributed by atoms with Gasteiger partial charge in [0.25, 0.3) is 0 Å². The number of carbonyl (C=O) groups excluding carboxylic acids is 3. The van der Waals surface area contributed by atoms with Gasteiger partial charge in [0.1, 0.15) is 37.1 Å². The highest BCUT2D eigenvalue weighted by atomic mass is 16.8. The van der Waals surface area contributed by atoms with Gasteiger partial charge in [-0.15, -0.1) is 0 Å². The van der Waals surface area contributed by atoms with Gasteiger partial charge in [-0.1, -0.05) is 54.6 Å². The number of ether oxygens (including phenoxy) is 7. The van der Waals surface area contributed by atoms with Gasteiger partial charge in [-0.25, -0.2) is 14.4 Å². The molecule has 0 saturated carbocycles. The fourth-order valence-electron chi connectivity index (χ4n) is 5.24. The molecule has 3 fully saturated rings. The van der Waals surface area contributed by atoms with E-state index >= 15 is 0 Å². The number of rotatable bonds is 9. The first kappa shape index (κ1) is 29.0. The van der Waals surface area contributed by atoms with Crippen molar-refractivity contribution in [3.8, 4) is 0 Å². The summed E-state index contributed by atoms with van der Waals surface area (Å²) in [7, 11) is 0. The normalized spacial score (nSPS) is 29.5. The predicted molar refractivity (Wildman–Crippen MR) is 147 cm³/mol. The molecule has 0 aliphatic carbocycles. The third-order valence-electron chi connectivity index (χ3n) is 7.48. The van der Waals surface area contributed by atoms with Crippen LogP contribution in [0.3, 0.4) is 0 Å². The second-order valence-electron chi connectivity index (χ2n) is 10.3. The number of aliphatic hydroxyl groups excluding tert-OH is 1. The van der Waals surface area contributed by atoms with Crippen molar-refractivity contribution in [2.75, 3.05) is 19.8 Å². The minimum atomic E-state index is -1.29. The molecule has 3 heterocycles. The van der Waals surface area contributed by atoms with Crippen LogP contribution in [-0.2, 0) is 33.2 Å². The third-order valence-corrected chi connectivity index (χ3v) is 7.48. The molecule has 3 aliphatic rings. The van der Waals surface area contributed by atoms with Crippen molar-refractivity contribution >= 4 is 17.9 Å². The zero-order valence-electron chi connectivity index (χ0n) is 22.9. The van der Waals surface area contributed by atoms with Crippen molar-refractivity contribution < 1.29 is 52.6 Å². The fourth-order valence-corrected chi connectivity index (χ4v) is 5.24. The quantitative estimate of drug-likeness (QED) is 0.291. The monoisotopic (exact) mass is 590 g/mol. The highest BCUT2D eigenvalue weighted by molar-refractivity contribution is 5.91. The van der Waals surface area contributed by atoms with Gasteiger partial charge in [0.2, 0.25) is 0 Å². The molecule has 11 heteroatoms. The molecule has 3 aromatic carbocycles. The molecule has 8 atom stereocenters. The van der Waals surface area contributed by atoms with E-state index in [4.69, 9.17) is 33.2 Å². The smallest absolute Gasteiger partial charge is 0.338 e. The van der Waals surface area contributed by atoms with Gasteiger partial charge in [0.15, 0.2) is 18.5 Å². The fraction of sp³-hybridized carbons (Fsp3) is 0.344. The summed E-state index contributed by atoms with van der Waals surface area (Å²) < 4.78 is 41.0. The Morgan fingerprint density at radius 1 is 0.698 bits per heavy atom. The lowest BCUT2D eigenvalue weighted by Crippen LogP contribution is -2.51. The van der Waals surface area contributed by atoms with E-state index in [1.807, 2.05) is 0 Å². The van der Waals surface area contributed by atoms with Gasteiger partial charge < -0.3 is 38.3 Å². The molecule has 0 unspecified atom stereocenters. The Morgan fingerprint density at radius 3 is 1.81 bits per heavy atom. The molecule has 3 saturated heterocycles. The van der Waals surface area contributed by atoms with Crippen LogP contribution >= 0.6 is 0 Å². The number of aliphatic hydroxyl groups is 1. The van der Waals surface area contributed by atoms with Crippen LogP contribution in [0.4, 0.5) is 0 Å². The van der Waals surface area contributed by atoms with Gasteiger partial charge in [-0.3, -0.25) is 0 Å². The molecule has 0 radical (unpaired) electrons. The maximum absolute atomic E-state index is 13.2. The Kier molecular flexibility index (Phi) is 8.77. The van der Waals surface area contributed by atoms with Crippen LogP contribution in [0.25, 0.3) is 0 Å². The van der Waals surface area contributed by atoms with Crippen LogP contribution in [0.1, 0.15) is 31.1 Å². The molecule has 0 amide bonds. The molecule has 43 heavy (non-hydrogen) atoms. The number of benzene rings is 3. The summed E-state index contributed by atoms with van der Waals surface area (Å²) in [5.41, 5.74) is 0.834. The van der Waals surface area contributed by atoms with Gasteiger partial charge in [0, 0.05) is 0 Å². The molecular formula is C32H30O11. The minimum Gasteiger partial charge on any atom is -0.459 e. The van der Waals surface area contributed by atoms with Crippen molar-refractivity contribution in [2.24, 2.45) is 0 Å². The molecule has 0 aromatic heterocycles. The molecule has 3 aliphatic heterocycles. The number of fused-ring (bicyclic) bond motifs is 2. The molecule has 11 nitrogen and oxygen atoms in total. The van der Waals surface area contributed by atoms with E-state index in [0.29, 0.717) is 5.56 Å². The second kappa shape index (κ2) is 13.0. The molecular weight excluding hydrogens is 560 g/mol. The Hall–Kier alpha value is -4.13. The van der Waals surface area contributed by atoms with Crippen molar-refractivity contribution in [2.45, 2.75) is 49.0 Å². The van der Waals surface area contributed by atoms with E-state index in [0.717, 1.165) is 0 Å². The lowest BCUT2D eigenvalue weighted by Gasteiger charge is -2.34. The van der Waals surface area contributed by atoms with Gasteiger partial charge in [0.05, 0.1) is 29.9 Å². The summed E-state index contributed by atoms with van der Waals surface area (Å²) >= 11 is 0. The van der Waals surface area contributed by atoms with Gasteiger partial charge >= 0.3 is 17.9 Å². The van der Waals surface area contributed by atoms with Crippen LogP contribution in [-0.4, -0.2) is 91.9 Å². The van der Waals surface area contributed by atoms with Crippen molar-refractivity contribution in [1.29, 1.82) is 0 Å². The van der Waals surface area contributed by atoms with Gasteiger partial charge in [-0.2, -0.15) is 0 Å². The van der Waals surface area contributed by atoms with Crippen LogP contribution in [0, 0.1) is 0 Å². The number of hydrogen-bond donors (Lipinski definition) is 1. The minimum absolute atomic E-state index is 0.0910. The topological polar surface area (TPSA) is 136 Å². The first-order chi connectivity index (χ1) is 21.0. The van der Waals surface area contributed by atoms with Crippen LogP contribution in [0.5, 0.6) is 0 Å². The summed E-state index contributed by atoms with van der Waals surface area (Å²) in [5, 5.41) is 10.5. The summed E-state index contributed by atoms with van der Waals surface area (Å²) in [5.74, 6) is -2.02. The van der Waals surface area contributed by atoms with Crippen molar-refractivity contribution in [3.63, 3.8) is 0 Å². The zero-order chi connectivity index (χ0) is 29.8. The van der Waals surface area contributed by atoms with E-state index < -0.39 is 66.9 Å². The van der Waals surface area contributed by atoms with Crippen LogP contribution in [0.2, 0.25) is 0 Å². The molecule has 224 valence electrons. The predicted octanol–water partition coefficient (Wildman–Crippen LogP) is 2.56. The van der Waals surface area contributed by atoms with E-state index in [9.17, 15) is 19.5 Å². The Labute approximate surface area is 247 Å². The first-order valence-corrected chi connectivity index (χ1v) is 13.9. The largest absolute Gasteiger partial charge is 0.459 e. The SMILES string of the molecule is O=C(OC[C@H]1O[C@H](O[C@H]2CO[C@H]3CO[C@@H]2[C@H]3O)[C@@H](OC(=O)c2ccccc2)[C@@H]1OC(=O)c1ccccc1)c1ccccc1. The van der Waals surface area contributed by atoms with E-state index in [1.165, 1.54) is 0 Å². The lowest BCUT2D eigenvalue weighted by molar-refractivity contribution is -0.239. The number of carbonyl (C=O) groups is 3. The molecule has 0 spiro atoms. The van der Waals surface area contributed by atoms with Crippen LogP contribution in [0.15, 0.2) is 91.0 Å². The summed E-state index contributed by atoms with van der Waals surface area (Å²) in [4.78, 5) is 39.2.